The number of nitrogens with one attached hydrogen (secondary N) is 1. The van der Waals surface area contributed by atoms with Gasteiger partial charge in [-0.25, -0.2) is 13.1 Å². The lowest BCUT2D eigenvalue weighted by Crippen LogP contribution is -2.40. The van der Waals surface area contributed by atoms with E-state index in [1.807, 2.05) is 0 Å². The molecule has 1 unspecified atom stereocenters. The normalized spacial score (nSPS) is 14.8. The Labute approximate surface area is 121 Å². The van der Waals surface area contributed by atoms with E-state index >= 15 is 0 Å². The molecule has 0 aromatic heterocycles. The lowest BCUT2D eigenvalue weighted by Gasteiger charge is -2.21. The van der Waals surface area contributed by atoms with Gasteiger partial charge in [-0.15, -0.1) is 0 Å². The third-order valence-corrected chi connectivity index (χ3v) is 4.50. The van der Waals surface area contributed by atoms with Crippen molar-refractivity contribution in [1.82, 2.24) is 4.72 Å². The molecule has 0 aliphatic carbocycles. The van der Waals surface area contributed by atoms with Gasteiger partial charge < -0.3 is 5.11 Å². The first-order chi connectivity index (χ1) is 9.09. The first-order valence-electron chi connectivity index (χ1n) is 5.75. The minimum absolute atomic E-state index is 0.0659. The van der Waals surface area contributed by atoms with Crippen molar-refractivity contribution in [3.8, 4) is 0 Å². The van der Waals surface area contributed by atoms with E-state index in [0.717, 1.165) is 12.1 Å². The average Bonchev–Trinajstić information content (AvgIpc) is 2.36. The number of hydrogen-bond acceptors (Lipinski definition) is 5. The van der Waals surface area contributed by atoms with Crippen LogP contribution in [-0.4, -0.2) is 30.6 Å². The van der Waals surface area contributed by atoms with Gasteiger partial charge in [-0.05, 0) is 25.5 Å². The number of halogens is 1. The van der Waals surface area contributed by atoms with Crippen LogP contribution in [-0.2, 0) is 10.0 Å². The Kier molecular flexibility index (Phi) is 5.09. The fraction of sp³-hybridized carbons (Fsp3) is 0.455. The second kappa shape index (κ2) is 6.04. The van der Waals surface area contributed by atoms with Crippen LogP contribution in [0.25, 0.3) is 0 Å². The number of benzene rings is 1. The Morgan fingerprint density at radius 3 is 2.60 bits per heavy atom. The summed E-state index contributed by atoms with van der Waals surface area (Å²) >= 11 is 5.62. The molecule has 1 rings (SSSR count). The lowest BCUT2D eigenvalue weighted by molar-refractivity contribution is -0.387. The van der Waals surface area contributed by atoms with E-state index in [1.165, 1.54) is 13.0 Å². The predicted octanol–water partition coefficient (Wildman–Crippen LogP) is 1.69. The number of nitro benzene ring substituents is 1. The molecule has 9 heteroatoms. The summed E-state index contributed by atoms with van der Waals surface area (Å²) in [7, 11) is -4.11. The Balaban J connectivity index is 3.13. The van der Waals surface area contributed by atoms with Gasteiger partial charge in [0.1, 0.15) is 0 Å². The zero-order valence-electron chi connectivity index (χ0n) is 11.0. The maximum Gasteiger partial charge on any atom is 0.290 e. The molecule has 0 aliphatic rings. The van der Waals surface area contributed by atoms with Gasteiger partial charge in [0.25, 0.3) is 5.69 Å². The molecule has 0 saturated heterocycles. The number of nitro groups is 1. The van der Waals surface area contributed by atoms with Crippen molar-refractivity contribution in [1.29, 1.82) is 0 Å². The molecule has 0 spiro atoms. The van der Waals surface area contributed by atoms with E-state index in [4.69, 9.17) is 11.6 Å². The second-order valence-electron chi connectivity index (χ2n) is 4.54. The molecule has 0 aliphatic heterocycles. The van der Waals surface area contributed by atoms with Gasteiger partial charge in [0.15, 0.2) is 4.90 Å². The topological polar surface area (TPSA) is 110 Å². The maximum absolute atomic E-state index is 12.1. The van der Waals surface area contributed by atoms with Crippen LogP contribution in [0.15, 0.2) is 23.1 Å². The zero-order valence-corrected chi connectivity index (χ0v) is 12.5. The van der Waals surface area contributed by atoms with Crippen LogP contribution in [0, 0.1) is 10.1 Å². The monoisotopic (exact) mass is 322 g/mol. The molecule has 112 valence electrons. The number of hydrogen-bond donors (Lipinski definition) is 2. The average molecular weight is 323 g/mol. The molecule has 1 aromatic carbocycles. The minimum atomic E-state index is -4.11. The number of sulfonamides is 1. The number of rotatable bonds is 6. The zero-order chi connectivity index (χ0) is 15.6. The van der Waals surface area contributed by atoms with Gasteiger partial charge in [0.05, 0.1) is 10.5 Å². The van der Waals surface area contributed by atoms with Gasteiger partial charge in [-0.2, -0.15) is 0 Å². The molecular weight excluding hydrogens is 308 g/mol. The Morgan fingerprint density at radius 2 is 2.10 bits per heavy atom. The summed E-state index contributed by atoms with van der Waals surface area (Å²) in [6.45, 7) is 2.91. The van der Waals surface area contributed by atoms with Gasteiger partial charge >= 0.3 is 0 Å². The molecule has 20 heavy (non-hydrogen) atoms. The van der Waals surface area contributed by atoms with Gasteiger partial charge in [0, 0.05) is 17.6 Å². The molecule has 0 bridgehead atoms. The summed E-state index contributed by atoms with van der Waals surface area (Å²) in [6, 6.07) is 3.28. The standard InChI is InChI=1S/C11H15ClN2O5S/c1-3-11(2,15)7-13-20(18,19)10-5-4-8(12)6-9(10)14(16)17/h4-6,13,15H,3,7H2,1-2H3. The summed E-state index contributed by atoms with van der Waals surface area (Å²) in [5, 5.41) is 20.7. The molecule has 7 nitrogen and oxygen atoms in total. The van der Waals surface area contributed by atoms with E-state index < -0.39 is 31.1 Å². The van der Waals surface area contributed by atoms with Crippen molar-refractivity contribution >= 4 is 27.3 Å². The molecule has 0 fully saturated rings. The fourth-order valence-corrected chi connectivity index (χ4v) is 2.79. The van der Waals surface area contributed by atoms with Gasteiger partial charge in [-0.3, -0.25) is 10.1 Å². The smallest absolute Gasteiger partial charge is 0.290 e. The van der Waals surface area contributed by atoms with Crippen LogP contribution in [0.2, 0.25) is 5.02 Å². The van der Waals surface area contributed by atoms with Crippen molar-refractivity contribution in [2.24, 2.45) is 0 Å². The highest BCUT2D eigenvalue weighted by Crippen LogP contribution is 2.27. The molecule has 0 saturated carbocycles. The van der Waals surface area contributed by atoms with Crippen LogP contribution in [0.4, 0.5) is 5.69 Å². The summed E-state index contributed by atoms with van der Waals surface area (Å²) in [5.74, 6) is 0. The number of aliphatic hydroxyl groups is 1. The molecule has 1 atom stereocenters. The Hall–Kier alpha value is -1.22. The quantitative estimate of drug-likeness (QED) is 0.611. The number of nitrogens with zero attached hydrogens (tertiary/aromatic N) is 1. The summed E-state index contributed by atoms with van der Waals surface area (Å²) in [6.07, 6.45) is 0.332. The van der Waals surface area contributed by atoms with Crippen LogP contribution < -0.4 is 4.72 Å². The summed E-state index contributed by atoms with van der Waals surface area (Å²) in [4.78, 5) is 9.58. The van der Waals surface area contributed by atoms with Crippen LogP contribution in [0.3, 0.4) is 0 Å². The van der Waals surface area contributed by atoms with Crippen LogP contribution in [0.5, 0.6) is 0 Å². The molecule has 0 radical (unpaired) electrons. The van der Waals surface area contributed by atoms with E-state index in [0.29, 0.717) is 6.42 Å². The van der Waals surface area contributed by atoms with E-state index in [2.05, 4.69) is 4.72 Å². The van der Waals surface area contributed by atoms with Crippen molar-refractivity contribution in [3.05, 3.63) is 33.3 Å². The van der Waals surface area contributed by atoms with Crippen LogP contribution in [0.1, 0.15) is 20.3 Å². The molecular formula is C11H15ClN2O5S. The van der Waals surface area contributed by atoms with Gasteiger partial charge in [0.2, 0.25) is 10.0 Å². The summed E-state index contributed by atoms with van der Waals surface area (Å²) < 4.78 is 26.3. The molecule has 0 heterocycles. The van der Waals surface area contributed by atoms with Crippen molar-refractivity contribution in [2.45, 2.75) is 30.8 Å². The van der Waals surface area contributed by atoms with E-state index in [9.17, 15) is 23.6 Å². The van der Waals surface area contributed by atoms with Crippen molar-refractivity contribution in [2.75, 3.05) is 6.54 Å². The van der Waals surface area contributed by atoms with Crippen LogP contribution >= 0.6 is 11.6 Å². The third kappa shape index (κ3) is 4.14. The van der Waals surface area contributed by atoms with Crippen molar-refractivity contribution < 1.29 is 18.4 Å². The summed E-state index contributed by atoms with van der Waals surface area (Å²) in [5.41, 5.74) is -1.84. The maximum atomic E-state index is 12.1. The highest BCUT2D eigenvalue weighted by Gasteiger charge is 2.28. The Bertz CT molecular complexity index is 615. The minimum Gasteiger partial charge on any atom is -0.389 e. The third-order valence-electron chi connectivity index (χ3n) is 2.81. The second-order valence-corrected chi connectivity index (χ2v) is 6.72. The lowest BCUT2D eigenvalue weighted by atomic mass is 10.1. The first-order valence-corrected chi connectivity index (χ1v) is 7.61. The highest BCUT2D eigenvalue weighted by molar-refractivity contribution is 7.89. The fourth-order valence-electron chi connectivity index (χ4n) is 1.31. The van der Waals surface area contributed by atoms with E-state index in [1.54, 1.807) is 6.92 Å². The Morgan fingerprint density at radius 1 is 1.50 bits per heavy atom. The molecule has 0 amide bonds. The van der Waals surface area contributed by atoms with Crippen molar-refractivity contribution in [3.63, 3.8) is 0 Å². The predicted molar refractivity (Wildman–Crippen MR) is 74.2 cm³/mol. The van der Waals surface area contributed by atoms with Gasteiger partial charge in [-0.1, -0.05) is 18.5 Å². The first kappa shape index (κ1) is 16.8. The largest absolute Gasteiger partial charge is 0.389 e. The van der Waals surface area contributed by atoms with E-state index in [-0.39, 0.29) is 11.6 Å². The molecule has 2 N–H and O–H groups in total. The molecule has 1 aromatic rings. The highest BCUT2D eigenvalue weighted by atomic mass is 35.5. The SMILES string of the molecule is CCC(C)(O)CNS(=O)(=O)c1ccc(Cl)cc1[N+](=O)[O-].